The first-order chi connectivity index (χ1) is 8.97. The topological polar surface area (TPSA) is 57.4 Å². The lowest BCUT2D eigenvalue weighted by molar-refractivity contribution is 0.548. The van der Waals surface area contributed by atoms with Crippen molar-refractivity contribution >= 4 is 10.9 Å². The molecule has 0 aliphatic rings. The van der Waals surface area contributed by atoms with Crippen molar-refractivity contribution in [3.63, 3.8) is 0 Å². The van der Waals surface area contributed by atoms with Crippen molar-refractivity contribution in [3.8, 4) is 11.4 Å². The molecule has 0 atom stereocenters. The fourth-order valence-electron chi connectivity index (χ4n) is 2.21. The first kappa shape index (κ1) is 12.0. The number of hydrogen-bond acceptors (Lipinski definition) is 2. The van der Waals surface area contributed by atoms with Gasteiger partial charge in [0.15, 0.2) is 5.82 Å². The highest BCUT2D eigenvalue weighted by molar-refractivity contribution is 5.95. The number of benzene rings is 1. The van der Waals surface area contributed by atoms with E-state index in [0.717, 1.165) is 22.7 Å². The Bertz CT molecular complexity index is 728. The summed E-state index contributed by atoms with van der Waals surface area (Å²) in [6.07, 6.45) is 1.98. The van der Waals surface area contributed by atoms with Gasteiger partial charge in [-0.25, -0.2) is 4.98 Å². The number of nitrogens with one attached hydrogen (secondary N) is 2. The van der Waals surface area contributed by atoms with E-state index in [1.807, 2.05) is 6.20 Å². The van der Waals surface area contributed by atoms with E-state index in [4.69, 9.17) is 0 Å². The van der Waals surface area contributed by atoms with E-state index in [2.05, 4.69) is 66.1 Å². The van der Waals surface area contributed by atoms with E-state index in [1.165, 1.54) is 10.9 Å². The van der Waals surface area contributed by atoms with E-state index in [1.54, 1.807) is 0 Å². The number of nitrogens with zero attached hydrogens (tertiary/aromatic N) is 2. The lowest BCUT2D eigenvalue weighted by Gasteiger charge is -2.12. The van der Waals surface area contributed by atoms with Crippen LogP contribution in [0.2, 0.25) is 0 Å². The number of hydrogen-bond donors (Lipinski definition) is 2. The molecule has 3 rings (SSSR count). The van der Waals surface area contributed by atoms with Gasteiger partial charge in [-0.2, -0.15) is 5.10 Å². The normalized spacial score (nSPS) is 12.2. The third-order valence-electron chi connectivity index (χ3n) is 3.36. The van der Waals surface area contributed by atoms with Crippen LogP contribution < -0.4 is 0 Å². The van der Waals surface area contributed by atoms with Crippen LogP contribution in [0.15, 0.2) is 24.4 Å². The monoisotopic (exact) mass is 254 g/mol. The van der Waals surface area contributed by atoms with E-state index < -0.39 is 0 Å². The molecule has 2 aromatic heterocycles. The predicted molar refractivity (Wildman–Crippen MR) is 77.1 cm³/mol. The summed E-state index contributed by atoms with van der Waals surface area (Å²) >= 11 is 0. The Morgan fingerprint density at radius 3 is 2.63 bits per heavy atom. The molecular weight excluding hydrogens is 236 g/mol. The van der Waals surface area contributed by atoms with Gasteiger partial charge in [0.2, 0.25) is 0 Å². The van der Waals surface area contributed by atoms with Crippen molar-refractivity contribution in [2.45, 2.75) is 33.1 Å². The summed E-state index contributed by atoms with van der Waals surface area (Å²) in [4.78, 5) is 7.93. The van der Waals surface area contributed by atoms with Gasteiger partial charge in [0.25, 0.3) is 0 Å². The molecule has 0 aliphatic heterocycles. The minimum atomic E-state index is -0.0206. The van der Waals surface area contributed by atoms with Gasteiger partial charge in [-0.3, -0.25) is 5.10 Å². The van der Waals surface area contributed by atoms with Gasteiger partial charge >= 0.3 is 0 Å². The van der Waals surface area contributed by atoms with Crippen LogP contribution in [-0.2, 0) is 5.41 Å². The van der Waals surface area contributed by atoms with Crippen LogP contribution >= 0.6 is 0 Å². The molecule has 98 valence electrons. The van der Waals surface area contributed by atoms with Crippen molar-refractivity contribution in [3.05, 3.63) is 35.8 Å². The molecule has 3 aromatic rings. The summed E-state index contributed by atoms with van der Waals surface area (Å²) in [5, 5.41) is 8.55. The maximum atomic E-state index is 4.62. The van der Waals surface area contributed by atoms with Crippen molar-refractivity contribution in [1.82, 2.24) is 20.2 Å². The molecule has 0 amide bonds. The second-order valence-corrected chi connectivity index (χ2v) is 5.96. The summed E-state index contributed by atoms with van der Waals surface area (Å²) in [5.74, 6) is 1.66. The smallest absolute Gasteiger partial charge is 0.183 e. The van der Waals surface area contributed by atoms with Crippen molar-refractivity contribution in [2.75, 3.05) is 0 Å². The Hall–Kier alpha value is -2.10. The number of aryl methyl sites for hydroxylation is 1. The second kappa shape index (κ2) is 3.95. The fraction of sp³-hybridized carbons (Fsp3) is 0.333. The molecule has 19 heavy (non-hydrogen) atoms. The molecule has 0 fully saturated rings. The zero-order valence-electron chi connectivity index (χ0n) is 11.7. The highest BCUT2D eigenvalue weighted by Gasteiger charge is 2.20. The number of fused-ring (bicyclic) bond motifs is 1. The number of aromatic nitrogens is 4. The third kappa shape index (κ3) is 1.93. The molecule has 0 bridgehead atoms. The molecule has 2 heterocycles. The maximum Gasteiger partial charge on any atom is 0.183 e. The van der Waals surface area contributed by atoms with Gasteiger partial charge in [0.1, 0.15) is 5.82 Å². The Kier molecular flexibility index (Phi) is 2.49. The van der Waals surface area contributed by atoms with E-state index in [9.17, 15) is 0 Å². The Balaban J connectivity index is 2.15. The number of aromatic amines is 2. The van der Waals surface area contributed by atoms with Crippen LogP contribution in [0.4, 0.5) is 0 Å². The first-order valence-electron chi connectivity index (χ1n) is 6.47. The Morgan fingerprint density at radius 2 is 1.95 bits per heavy atom. The zero-order valence-corrected chi connectivity index (χ0v) is 11.7. The molecule has 4 heteroatoms. The summed E-state index contributed by atoms with van der Waals surface area (Å²) < 4.78 is 0. The van der Waals surface area contributed by atoms with Gasteiger partial charge in [0, 0.05) is 28.1 Å². The Morgan fingerprint density at radius 1 is 1.16 bits per heavy atom. The number of rotatable bonds is 1. The largest absolute Gasteiger partial charge is 0.360 e. The van der Waals surface area contributed by atoms with Gasteiger partial charge in [-0.15, -0.1) is 0 Å². The predicted octanol–water partition coefficient (Wildman–Crippen LogP) is 3.56. The van der Waals surface area contributed by atoms with Crippen LogP contribution in [-0.4, -0.2) is 20.2 Å². The highest BCUT2D eigenvalue weighted by atomic mass is 15.2. The molecular formula is C15H18N4. The van der Waals surface area contributed by atoms with E-state index in [-0.39, 0.29) is 5.41 Å². The molecule has 0 saturated heterocycles. The number of H-pyrrole nitrogens is 2. The lowest BCUT2D eigenvalue weighted by Crippen LogP contribution is -2.13. The average molecular weight is 254 g/mol. The van der Waals surface area contributed by atoms with Crippen molar-refractivity contribution in [2.24, 2.45) is 0 Å². The van der Waals surface area contributed by atoms with Crippen molar-refractivity contribution < 1.29 is 0 Å². The van der Waals surface area contributed by atoms with Crippen LogP contribution in [0.1, 0.15) is 32.2 Å². The zero-order chi connectivity index (χ0) is 13.6. The second-order valence-electron chi connectivity index (χ2n) is 5.96. The van der Waals surface area contributed by atoms with Gasteiger partial charge in [-0.05, 0) is 12.5 Å². The maximum absolute atomic E-state index is 4.62. The molecule has 2 N–H and O–H groups in total. The SMILES string of the molecule is Cc1cccc2c(-c3n[nH]c(C(C)(C)C)n3)c[nH]c12. The van der Waals surface area contributed by atoms with Gasteiger partial charge in [0.05, 0.1) is 0 Å². The van der Waals surface area contributed by atoms with Crippen LogP contribution in [0, 0.1) is 6.92 Å². The van der Waals surface area contributed by atoms with E-state index >= 15 is 0 Å². The third-order valence-corrected chi connectivity index (χ3v) is 3.36. The average Bonchev–Trinajstić information content (AvgIpc) is 2.93. The quantitative estimate of drug-likeness (QED) is 0.697. The minimum Gasteiger partial charge on any atom is -0.360 e. The summed E-state index contributed by atoms with van der Waals surface area (Å²) in [6, 6.07) is 6.26. The molecule has 1 aromatic carbocycles. The molecule has 0 unspecified atom stereocenters. The van der Waals surface area contributed by atoms with Crippen LogP contribution in [0.25, 0.3) is 22.3 Å². The number of para-hydroxylation sites is 1. The fourth-order valence-corrected chi connectivity index (χ4v) is 2.21. The van der Waals surface area contributed by atoms with Gasteiger partial charge < -0.3 is 4.98 Å². The standard InChI is InChI=1S/C15H18N4/c1-9-6-5-7-10-11(8-16-12(9)10)13-17-14(19-18-13)15(2,3)4/h5-8,16H,1-4H3,(H,17,18,19). The summed E-state index contributed by atoms with van der Waals surface area (Å²) in [7, 11) is 0. The van der Waals surface area contributed by atoms with Crippen molar-refractivity contribution in [1.29, 1.82) is 0 Å². The van der Waals surface area contributed by atoms with Gasteiger partial charge in [-0.1, -0.05) is 39.0 Å². The minimum absolute atomic E-state index is 0.0206. The lowest BCUT2D eigenvalue weighted by atomic mass is 9.96. The molecule has 0 aliphatic carbocycles. The molecule has 0 spiro atoms. The van der Waals surface area contributed by atoms with Crippen LogP contribution in [0.5, 0.6) is 0 Å². The molecule has 4 nitrogen and oxygen atoms in total. The van der Waals surface area contributed by atoms with Crippen LogP contribution in [0.3, 0.4) is 0 Å². The molecule has 0 radical (unpaired) electrons. The summed E-state index contributed by atoms with van der Waals surface area (Å²) in [5.41, 5.74) is 3.41. The first-order valence-corrected chi connectivity index (χ1v) is 6.47. The highest BCUT2D eigenvalue weighted by Crippen LogP contribution is 2.29. The van der Waals surface area contributed by atoms with E-state index in [0.29, 0.717) is 0 Å². The Labute approximate surface area is 112 Å². The molecule has 0 saturated carbocycles. The summed E-state index contributed by atoms with van der Waals surface area (Å²) in [6.45, 7) is 8.46.